The third-order valence-electron chi connectivity index (χ3n) is 1.09. The molecule has 0 aliphatic rings. The van der Waals surface area contributed by atoms with Crippen molar-refractivity contribution in [2.75, 3.05) is 0 Å². The molecule has 1 aromatic rings. The molecule has 1 heterocycles. The van der Waals surface area contributed by atoms with Crippen LogP contribution in [0.25, 0.3) is 0 Å². The van der Waals surface area contributed by atoms with E-state index >= 15 is 0 Å². The lowest BCUT2D eigenvalue weighted by atomic mass is 10.4. The summed E-state index contributed by atoms with van der Waals surface area (Å²) in [5.41, 5.74) is 9.88. The average molecular weight is 154 g/mol. The first kappa shape index (κ1) is 7.26. The van der Waals surface area contributed by atoms with Crippen LogP contribution in [0.15, 0.2) is 12.4 Å². The molecule has 0 saturated carbocycles. The van der Waals surface area contributed by atoms with Gasteiger partial charge in [-0.3, -0.25) is 4.79 Å². The lowest BCUT2D eigenvalue weighted by Gasteiger charge is -1.88. The van der Waals surface area contributed by atoms with Crippen molar-refractivity contribution in [3.63, 3.8) is 0 Å². The van der Waals surface area contributed by atoms with Gasteiger partial charge in [-0.2, -0.15) is 9.78 Å². The van der Waals surface area contributed by atoms with Gasteiger partial charge < -0.3 is 11.5 Å². The number of primary amides is 2. The second-order valence-corrected chi connectivity index (χ2v) is 1.88. The predicted molar refractivity (Wildman–Crippen MR) is 35.7 cm³/mol. The molecule has 0 aromatic carbocycles. The standard InChI is InChI=1S/C5H6N4O2/c6-4(10)3-1-8-9(2-3)5(7)11/h1-2H,(H2,6,10)(H2,7,11). The molecule has 6 nitrogen and oxygen atoms in total. The quantitative estimate of drug-likeness (QED) is 0.536. The molecule has 0 unspecified atom stereocenters. The highest BCUT2D eigenvalue weighted by atomic mass is 16.2. The van der Waals surface area contributed by atoms with E-state index in [0.29, 0.717) is 0 Å². The van der Waals surface area contributed by atoms with Crippen molar-refractivity contribution in [3.8, 4) is 0 Å². The normalized spacial score (nSPS) is 9.45. The van der Waals surface area contributed by atoms with Crippen molar-refractivity contribution in [2.45, 2.75) is 0 Å². The van der Waals surface area contributed by atoms with Crippen LogP contribution >= 0.6 is 0 Å². The van der Waals surface area contributed by atoms with Gasteiger partial charge in [0.2, 0.25) is 0 Å². The topological polar surface area (TPSA) is 104 Å². The van der Waals surface area contributed by atoms with E-state index in [-0.39, 0.29) is 5.56 Å². The van der Waals surface area contributed by atoms with Gasteiger partial charge in [0, 0.05) is 6.20 Å². The molecule has 0 radical (unpaired) electrons. The molecule has 0 saturated heterocycles. The summed E-state index contributed by atoms with van der Waals surface area (Å²) in [6, 6.07) is -0.752. The maximum Gasteiger partial charge on any atom is 0.339 e. The lowest BCUT2D eigenvalue weighted by molar-refractivity contribution is 0.100. The number of carbonyl (C=O) groups excluding carboxylic acids is 2. The van der Waals surface area contributed by atoms with Gasteiger partial charge in [-0.05, 0) is 0 Å². The summed E-state index contributed by atoms with van der Waals surface area (Å²) in [7, 11) is 0. The van der Waals surface area contributed by atoms with Gasteiger partial charge in [0.1, 0.15) is 0 Å². The van der Waals surface area contributed by atoms with E-state index in [1.165, 1.54) is 12.4 Å². The molecule has 2 amide bonds. The SMILES string of the molecule is NC(=O)c1cnn(C(N)=O)c1. The van der Waals surface area contributed by atoms with E-state index in [0.717, 1.165) is 4.68 Å². The Hall–Kier alpha value is -1.85. The van der Waals surface area contributed by atoms with Crippen LogP contribution in [0.4, 0.5) is 4.79 Å². The van der Waals surface area contributed by atoms with Gasteiger partial charge in [0.15, 0.2) is 0 Å². The van der Waals surface area contributed by atoms with E-state index in [1.54, 1.807) is 0 Å². The minimum Gasteiger partial charge on any atom is -0.366 e. The molecule has 0 aliphatic carbocycles. The van der Waals surface area contributed by atoms with Crippen molar-refractivity contribution in [2.24, 2.45) is 11.5 Å². The molecular weight excluding hydrogens is 148 g/mol. The Bertz CT molecular complexity index is 275. The van der Waals surface area contributed by atoms with Crippen LogP contribution in [0.2, 0.25) is 0 Å². The van der Waals surface area contributed by atoms with Crippen molar-refractivity contribution < 1.29 is 9.59 Å². The van der Waals surface area contributed by atoms with Crippen LogP contribution in [-0.4, -0.2) is 21.7 Å². The van der Waals surface area contributed by atoms with Crippen LogP contribution < -0.4 is 11.5 Å². The Balaban J connectivity index is 2.99. The minimum absolute atomic E-state index is 0.156. The molecule has 0 spiro atoms. The summed E-state index contributed by atoms with van der Waals surface area (Å²) in [5, 5.41) is 3.48. The van der Waals surface area contributed by atoms with Gasteiger partial charge in [-0.25, -0.2) is 4.79 Å². The first-order valence-corrected chi connectivity index (χ1v) is 2.75. The molecule has 0 aliphatic heterocycles. The van der Waals surface area contributed by atoms with Crippen molar-refractivity contribution in [1.29, 1.82) is 0 Å². The number of rotatable bonds is 1. The van der Waals surface area contributed by atoms with Crippen LogP contribution in [0.3, 0.4) is 0 Å². The third kappa shape index (κ3) is 1.34. The largest absolute Gasteiger partial charge is 0.366 e. The Morgan fingerprint density at radius 2 is 2.09 bits per heavy atom. The lowest BCUT2D eigenvalue weighted by Crippen LogP contribution is -2.20. The molecule has 0 fully saturated rings. The van der Waals surface area contributed by atoms with Gasteiger partial charge in [-0.1, -0.05) is 0 Å². The zero-order valence-corrected chi connectivity index (χ0v) is 5.52. The van der Waals surface area contributed by atoms with E-state index in [9.17, 15) is 9.59 Å². The second kappa shape index (κ2) is 2.41. The Kier molecular flexibility index (Phi) is 1.59. The van der Waals surface area contributed by atoms with Crippen molar-refractivity contribution >= 4 is 11.9 Å². The van der Waals surface area contributed by atoms with Gasteiger partial charge in [-0.15, -0.1) is 0 Å². The summed E-state index contributed by atoms with van der Waals surface area (Å²) >= 11 is 0. The van der Waals surface area contributed by atoms with Crippen molar-refractivity contribution in [1.82, 2.24) is 9.78 Å². The molecule has 58 valence electrons. The number of aromatic nitrogens is 2. The van der Waals surface area contributed by atoms with Gasteiger partial charge >= 0.3 is 6.03 Å². The zero-order valence-electron chi connectivity index (χ0n) is 5.52. The molecular formula is C5H6N4O2. The van der Waals surface area contributed by atoms with E-state index < -0.39 is 11.9 Å². The maximum atomic E-state index is 10.5. The predicted octanol–water partition coefficient (Wildman–Crippen LogP) is -1.09. The van der Waals surface area contributed by atoms with Crippen LogP contribution in [0, 0.1) is 0 Å². The fourth-order valence-electron chi connectivity index (χ4n) is 0.571. The van der Waals surface area contributed by atoms with E-state index in [1.807, 2.05) is 0 Å². The van der Waals surface area contributed by atoms with E-state index in [4.69, 9.17) is 11.5 Å². The summed E-state index contributed by atoms with van der Waals surface area (Å²) in [4.78, 5) is 20.9. The van der Waals surface area contributed by atoms with Crippen LogP contribution in [0.5, 0.6) is 0 Å². The zero-order chi connectivity index (χ0) is 8.43. The fourth-order valence-corrected chi connectivity index (χ4v) is 0.571. The first-order valence-electron chi connectivity index (χ1n) is 2.75. The minimum atomic E-state index is -0.752. The summed E-state index contributed by atoms with van der Waals surface area (Å²) < 4.78 is 0.833. The van der Waals surface area contributed by atoms with E-state index in [2.05, 4.69) is 5.10 Å². The number of amides is 2. The smallest absolute Gasteiger partial charge is 0.339 e. The molecule has 4 N–H and O–H groups in total. The number of hydrogen-bond acceptors (Lipinski definition) is 3. The molecule has 0 bridgehead atoms. The highest BCUT2D eigenvalue weighted by Gasteiger charge is 2.05. The molecule has 0 atom stereocenters. The number of nitrogens with zero attached hydrogens (tertiary/aromatic N) is 2. The summed E-state index contributed by atoms with van der Waals surface area (Å²) in [5.74, 6) is -0.641. The molecule has 1 rings (SSSR count). The second-order valence-electron chi connectivity index (χ2n) is 1.88. The third-order valence-corrected chi connectivity index (χ3v) is 1.09. The highest BCUT2D eigenvalue weighted by Crippen LogP contribution is 1.93. The fraction of sp³-hybridized carbons (Fsp3) is 0. The maximum absolute atomic E-state index is 10.5. The Morgan fingerprint density at radius 1 is 1.45 bits per heavy atom. The number of hydrogen-bond donors (Lipinski definition) is 2. The number of nitrogens with two attached hydrogens (primary N) is 2. The van der Waals surface area contributed by atoms with Crippen LogP contribution in [0.1, 0.15) is 10.4 Å². The highest BCUT2D eigenvalue weighted by molar-refractivity contribution is 5.92. The monoisotopic (exact) mass is 154 g/mol. The average Bonchev–Trinajstić information content (AvgIpc) is 2.33. The molecule has 1 aromatic heterocycles. The summed E-state index contributed by atoms with van der Waals surface area (Å²) in [6.07, 6.45) is 2.34. The molecule has 11 heavy (non-hydrogen) atoms. The summed E-state index contributed by atoms with van der Waals surface area (Å²) in [6.45, 7) is 0. The molecule has 6 heteroatoms. The Morgan fingerprint density at radius 3 is 2.36 bits per heavy atom. The van der Waals surface area contributed by atoms with Crippen LogP contribution in [-0.2, 0) is 0 Å². The first-order chi connectivity index (χ1) is 5.11. The van der Waals surface area contributed by atoms with Crippen molar-refractivity contribution in [3.05, 3.63) is 18.0 Å². The number of carbonyl (C=O) groups is 2. The van der Waals surface area contributed by atoms with Gasteiger partial charge in [0.25, 0.3) is 5.91 Å². The Labute approximate surface area is 61.8 Å². The van der Waals surface area contributed by atoms with Gasteiger partial charge in [0.05, 0.1) is 11.8 Å².